The molecule has 0 aliphatic rings. The van der Waals surface area contributed by atoms with Crippen LogP contribution >= 0.6 is 0 Å². The second-order valence-electron chi connectivity index (χ2n) is 4.46. The number of nitrogens with one attached hydrogen (secondary N) is 1. The smallest absolute Gasteiger partial charge is 0.119 e. The van der Waals surface area contributed by atoms with Gasteiger partial charge in [0.1, 0.15) is 5.75 Å². The summed E-state index contributed by atoms with van der Waals surface area (Å²) in [5.41, 5.74) is 2.20. The van der Waals surface area contributed by atoms with Crippen LogP contribution in [0.5, 0.6) is 5.75 Å². The Labute approximate surface area is 114 Å². The van der Waals surface area contributed by atoms with Crippen molar-refractivity contribution in [2.24, 2.45) is 7.05 Å². The van der Waals surface area contributed by atoms with Gasteiger partial charge < -0.3 is 14.6 Å². The Morgan fingerprint density at radius 2 is 2.21 bits per heavy atom. The van der Waals surface area contributed by atoms with Crippen LogP contribution < -0.4 is 10.1 Å². The van der Waals surface area contributed by atoms with Gasteiger partial charge in [0.2, 0.25) is 0 Å². The molecule has 1 heterocycles. The fourth-order valence-corrected chi connectivity index (χ4v) is 2.13. The summed E-state index contributed by atoms with van der Waals surface area (Å²) >= 11 is 0. The van der Waals surface area contributed by atoms with Crippen LogP contribution in [-0.4, -0.2) is 22.7 Å². The van der Waals surface area contributed by atoms with E-state index < -0.39 is 0 Å². The van der Waals surface area contributed by atoms with Crippen LogP contribution in [0.4, 0.5) is 0 Å². The largest absolute Gasteiger partial charge is 0.494 e. The van der Waals surface area contributed by atoms with Crippen molar-refractivity contribution in [2.45, 2.75) is 19.9 Å². The van der Waals surface area contributed by atoms with Crippen molar-refractivity contribution in [1.82, 2.24) is 14.9 Å². The molecule has 1 aromatic carbocycles. The zero-order valence-corrected chi connectivity index (χ0v) is 11.8. The Morgan fingerprint density at radius 3 is 2.84 bits per heavy atom. The van der Waals surface area contributed by atoms with Crippen molar-refractivity contribution in [2.75, 3.05) is 13.2 Å². The summed E-state index contributed by atoms with van der Waals surface area (Å²) in [7, 11) is 1.98. The highest BCUT2D eigenvalue weighted by Gasteiger charge is 2.15. The molecule has 2 aromatic rings. The first-order valence-corrected chi connectivity index (χ1v) is 6.68. The molecule has 0 saturated heterocycles. The van der Waals surface area contributed by atoms with E-state index in [2.05, 4.69) is 29.4 Å². The summed E-state index contributed by atoms with van der Waals surface area (Å²) < 4.78 is 7.53. The van der Waals surface area contributed by atoms with Crippen LogP contribution in [0.3, 0.4) is 0 Å². The van der Waals surface area contributed by atoms with Crippen LogP contribution in [0.2, 0.25) is 0 Å². The van der Waals surface area contributed by atoms with Crippen LogP contribution in [0.15, 0.2) is 36.8 Å². The second-order valence-corrected chi connectivity index (χ2v) is 4.46. The summed E-state index contributed by atoms with van der Waals surface area (Å²) in [5.74, 6) is 0.902. The van der Waals surface area contributed by atoms with E-state index in [4.69, 9.17) is 4.74 Å². The number of benzene rings is 1. The SMILES string of the molecule is CCNC(c1cccc(OCC)c1)c1cn(C)cn1. The summed E-state index contributed by atoms with van der Waals surface area (Å²) in [6.07, 6.45) is 3.87. The first-order valence-electron chi connectivity index (χ1n) is 6.68. The van der Waals surface area contributed by atoms with Gasteiger partial charge >= 0.3 is 0 Å². The van der Waals surface area contributed by atoms with Crippen LogP contribution in [0.25, 0.3) is 0 Å². The Hall–Kier alpha value is -1.81. The van der Waals surface area contributed by atoms with Gasteiger partial charge in [0, 0.05) is 13.2 Å². The molecule has 4 heteroatoms. The van der Waals surface area contributed by atoms with Gasteiger partial charge in [-0.05, 0) is 31.2 Å². The molecule has 1 atom stereocenters. The zero-order chi connectivity index (χ0) is 13.7. The summed E-state index contributed by atoms with van der Waals surface area (Å²) in [4.78, 5) is 4.45. The lowest BCUT2D eigenvalue weighted by molar-refractivity contribution is 0.339. The molecule has 102 valence electrons. The highest BCUT2D eigenvalue weighted by atomic mass is 16.5. The molecule has 1 unspecified atom stereocenters. The van der Waals surface area contributed by atoms with Crippen molar-refractivity contribution in [3.63, 3.8) is 0 Å². The lowest BCUT2D eigenvalue weighted by Crippen LogP contribution is -2.22. The topological polar surface area (TPSA) is 39.1 Å². The summed E-state index contributed by atoms with van der Waals surface area (Å²) in [6.45, 7) is 5.66. The third-order valence-corrected chi connectivity index (χ3v) is 2.93. The quantitative estimate of drug-likeness (QED) is 0.866. The molecule has 2 rings (SSSR count). The maximum atomic E-state index is 5.56. The molecule has 1 aromatic heterocycles. The molecule has 0 fully saturated rings. The molecule has 19 heavy (non-hydrogen) atoms. The average molecular weight is 259 g/mol. The van der Waals surface area contributed by atoms with Crippen molar-refractivity contribution in [1.29, 1.82) is 0 Å². The van der Waals surface area contributed by atoms with E-state index in [1.54, 1.807) is 0 Å². The fraction of sp³-hybridized carbons (Fsp3) is 0.400. The van der Waals surface area contributed by atoms with E-state index in [1.165, 1.54) is 5.56 Å². The number of aromatic nitrogens is 2. The summed E-state index contributed by atoms with van der Waals surface area (Å²) in [6, 6.07) is 8.28. The number of imidazole rings is 1. The number of hydrogen-bond donors (Lipinski definition) is 1. The third-order valence-electron chi connectivity index (χ3n) is 2.93. The monoisotopic (exact) mass is 259 g/mol. The fourth-order valence-electron chi connectivity index (χ4n) is 2.13. The van der Waals surface area contributed by atoms with Crippen molar-refractivity contribution in [3.8, 4) is 5.75 Å². The average Bonchev–Trinajstić information content (AvgIpc) is 2.83. The minimum Gasteiger partial charge on any atom is -0.494 e. The van der Waals surface area contributed by atoms with E-state index in [0.29, 0.717) is 6.61 Å². The maximum Gasteiger partial charge on any atom is 0.119 e. The predicted molar refractivity (Wildman–Crippen MR) is 76.3 cm³/mol. The molecule has 0 amide bonds. The Bertz CT molecular complexity index is 522. The maximum absolute atomic E-state index is 5.56. The van der Waals surface area contributed by atoms with Crippen molar-refractivity contribution < 1.29 is 4.74 Å². The number of nitrogens with zero attached hydrogens (tertiary/aromatic N) is 2. The molecule has 0 saturated carbocycles. The van der Waals surface area contributed by atoms with Gasteiger partial charge in [-0.2, -0.15) is 0 Å². The first kappa shape index (κ1) is 13.6. The number of rotatable bonds is 6. The van der Waals surface area contributed by atoms with Crippen LogP contribution in [0, 0.1) is 0 Å². The predicted octanol–water partition coefficient (Wildman–Crippen LogP) is 2.52. The molecule has 0 aliphatic heterocycles. The lowest BCUT2D eigenvalue weighted by atomic mass is 10.0. The Balaban J connectivity index is 2.30. The highest BCUT2D eigenvalue weighted by Crippen LogP contribution is 2.24. The normalized spacial score (nSPS) is 12.4. The highest BCUT2D eigenvalue weighted by molar-refractivity contribution is 5.34. The minimum absolute atomic E-state index is 0.103. The molecule has 0 radical (unpaired) electrons. The van der Waals surface area contributed by atoms with E-state index in [-0.39, 0.29) is 6.04 Å². The lowest BCUT2D eigenvalue weighted by Gasteiger charge is -2.17. The molecule has 0 spiro atoms. The molecular weight excluding hydrogens is 238 g/mol. The number of ether oxygens (including phenoxy) is 1. The second kappa shape index (κ2) is 6.38. The van der Waals surface area contributed by atoms with E-state index >= 15 is 0 Å². The van der Waals surface area contributed by atoms with Crippen LogP contribution in [0.1, 0.15) is 31.1 Å². The molecule has 1 N–H and O–H groups in total. The third kappa shape index (κ3) is 3.35. The van der Waals surface area contributed by atoms with E-state index in [0.717, 1.165) is 18.0 Å². The minimum atomic E-state index is 0.103. The van der Waals surface area contributed by atoms with Gasteiger partial charge in [0.25, 0.3) is 0 Å². The van der Waals surface area contributed by atoms with Crippen molar-refractivity contribution in [3.05, 3.63) is 48.0 Å². The van der Waals surface area contributed by atoms with Crippen LogP contribution in [-0.2, 0) is 7.05 Å². The van der Waals surface area contributed by atoms with Crippen molar-refractivity contribution >= 4 is 0 Å². The van der Waals surface area contributed by atoms with Gasteiger partial charge in [0.15, 0.2) is 0 Å². The van der Waals surface area contributed by atoms with Gasteiger partial charge in [-0.15, -0.1) is 0 Å². The Morgan fingerprint density at radius 1 is 1.37 bits per heavy atom. The van der Waals surface area contributed by atoms with Gasteiger partial charge in [-0.3, -0.25) is 0 Å². The van der Waals surface area contributed by atoms with E-state index in [9.17, 15) is 0 Å². The van der Waals surface area contributed by atoms with Gasteiger partial charge in [-0.25, -0.2) is 4.98 Å². The molecule has 0 bridgehead atoms. The Kier molecular flexibility index (Phi) is 4.58. The van der Waals surface area contributed by atoms with E-state index in [1.807, 2.05) is 43.2 Å². The standard InChI is InChI=1S/C15H21N3O/c1-4-16-15(14-10-18(3)11-17-14)12-7-6-8-13(9-12)19-5-2/h6-11,15-16H,4-5H2,1-3H3. The van der Waals surface area contributed by atoms with Gasteiger partial charge in [-0.1, -0.05) is 19.1 Å². The molecule has 4 nitrogen and oxygen atoms in total. The van der Waals surface area contributed by atoms with Gasteiger partial charge in [0.05, 0.1) is 24.7 Å². The number of aryl methyl sites for hydroxylation is 1. The molecule has 0 aliphatic carbocycles. The number of hydrogen-bond acceptors (Lipinski definition) is 3. The molecular formula is C15H21N3O. The zero-order valence-electron chi connectivity index (χ0n) is 11.8. The summed E-state index contributed by atoms with van der Waals surface area (Å²) in [5, 5.41) is 3.47. The first-order chi connectivity index (χ1) is 9.24.